The summed E-state index contributed by atoms with van der Waals surface area (Å²) in [7, 11) is 0. The Bertz CT molecular complexity index is 134. The van der Waals surface area contributed by atoms with Crippen molar-refractivity contribution in [3.63, 3.8) is 0 Å². The Balaban J connectivity index is 0.000000810. The van der Waals surface area contributed by atoms with Crippen molar-refractivity contribution in [2.75, 3.05) is 0 Å². The average Bonchev–Trinajstić information content (AvgIpc) is 2.34. The molecule has 0 unspecified atom stereocenters. The second kappa shape index (κ2) is 6.09. The van der Waals surface area contributed by atoms with E-state index in [1.807, 2.05) is 6.08 Å². The molecule has 0 fully saturated rings. The van der Waals surface area contributed by atoms with Gasteiger partial charge in [0.25, 0.3) is 0 Å². The maximum atomic E-state index is 3.23. The molecule has 0 heterocycles. The molecular weight excluding hydrogens is 287 g/mol. The van der Waals surface area contributed by atoms with Crippen molar-refractivity contribution in [3.8, 4) is 0 Å². The van der Waals surface area contributed by atoms with E-state index in [1.54, 1.807) is 0 Å². The monoisotopic (exact) mass is 301 g/mol. The summed E-state index contributed by atoms with van der Waals surface area (Å²) in [6.07, 6.45) is 12.5. The van der Waals surface area contributed by atoms with E-state index in [1.165, 1.54) is 24.8 Å². The minimum atomic E-state index is 0. The first-order valence-corrected chi connectivity index (χ1v) is 3.69. The number of hydrogen-bond acceptors (Lipinski definition) is 0. The van der Waals surface area contributed by atoms with Crippen LogP contribution in [0.25, 0.3) is 0 Å². The predicted octanol–water partition coefficient (Wildman–Crippen LogP) is 2.86. The van der Waals surface area contributed by atoms with Gasteiger partial charge in [-0.15, -0.1) is 0 Å². The van der Waals surface area contributed by atoms with Gasteiger partial charge in [-0.05, 0) is 0 Å². The van der Waals surface area contributed by atoms with Crippen LogP contribution in [0.3, 0.4) is 0 Å². The molecule has 1 heteroatoms. The topological polar surface area (TPSA) is 0 Å². The maximum Gasteiger partial charge on any atom is 0 e. The van der Waals surface area contributed by atoms with Crippen LogP contribution >= 0.6 is 0 Å². The van der Waals surface area contributed by atoms with Gasteiger partial charge in [0.15, 0.2) is 0 Å². The van der Waals surface area contributed by atoms with Gasteiger partial charge in [-0.1, -0.05) is 32.6 Å². The Morgan fingerprint density at radius 2 is 2.40 bits per heavy atom. The van der Waals surface area contributed by atoms with E-state index in [0.29, 0.717) is 0 Å². The molecule has 0 aliphatic heterocycles. The van der Waals surface area contributed by atoms with Gasteiger partial charge in [-0.25, -0.2) is 12.2 Å². The van der Waals surface area contributed by atoms with Crippen LogP contribution < -0.4 is 0 Å². The Labute approximate surface area is 82.2 Å². The van der Waals surface area contributed by atoms with E-state index in [-0.39, 0.29) is 25.8 Å². The standard InChI is InChI=1S/C9H13.Hf/c1-2-3-6-9-7-4-5-8-9;/h4-5H,2-3,6-7H2,1H3;/q-1;. The van der Waals surface area contributed by atoms with Crippen molar-refractivity contribution in [1.82, 2.24) is 0 Å². The normalized spacial score (nSPS) is 14.7. The van der Waals surface area contributed by atoms with Gasteiger partial charge in [-0.3, -0.25) is 6.08 Å². The fraction of sp³-hybridized carbons (Fsp3) is 0.556. The molecule has 54 valence electrons. The number of allylic oxidation sites excluding steroid dienone is 4. The van der Waals surface area contributed by atoms with Gasteiger partial charge in [0.1, 0.15) is 0 Å². The maximum absolute atomic E-state index is 3.23. The number of hydrogen-bond donors (Lipinski definition) is 0. The summed E-state index contributed by atoms with van der Waals surface area (Å²) in [5.41, 5.74) is 1.48. The molecule has 0 spiro atoms. The van der Waals surface area contributed by atoms with E-state index >= 15 is 0 Å². The van der Waals surface area contributed by atoms with Crippen LogP contribution in [0.5, 0.6) is 0 Å². The second-order valence-corrected chi connectivity index (χ2v) is 2.46. The molecule has 0 bridgehead atoms. The fourth-order valence-corrected chi connectivity index (χ4v) is 1.00. The molecule has 1 rings (SSSR count). The van der Waals surface area contributed by atoms with Crippen LogP contribution in [-0.2, 0) is 25.8 Å². The Morgan fingerprint density at radius 1 is 1.60 bits per heavy atom. The van der Waals surface area contributed by atoms with Gasteiger partial charge in [0.05, 0.1) is 0 Å². The third-order valence-electron chi connectivity index (χ3n) is 1.60. The molecular formula is C9H13Hf-. The molecule has 0 nitrogen and oxygen atoms in total. The number of rotatable bonds is 3. The van der Waals surface area contributed by atoms with Gasteiger partial charge in [-0.2, -0.15) is 5.57 Å². The van der Waals surface area contributed by atoms with Crippen LogP contribution in [-0.4, -0.2) is 0 Å². The summed E-state index contributed by atoms with van der Waals surface area (Å²) in [6, 6.07) is 0. The first kappa shape index (κ1) is 10.4. The molecule has 0 aromatic heterocycles. The van der Waals surface area contributed by atoms with Crippen molar-refractivity contribution in [2.24, 2.45) is 0 Å². The Hall–Kier alpha value is 0.350. The molecule has 0 amide bonds. The molecule has 0 saturated heterocycles. The molecule has 0 aromatic carbocycles. The van der Waals surface area contributed by atoms with Crippen LogP contribution in [0.15, 0.2) is 17.7 Å². The van der Waals surface area contributed by atoms with Crippen LogP contribution in [0.1, 0.15) is 32.6 Å². The molecule has 0 saturated carbocycles. The summed E-state index contributed by atoms with van der Waals surface area (Å²) >= 11 is 0. The zero-order valence-electron chi connectivity index (χ0n) is 6.48. The predicted molar refractivity (Wildman–Crippen MR) is 40.0 cm³/mol. The first-order chi connectivity index (χ1) is 4.43. The molecule has 0 N–H and O–H groups in total. The summed E-state index contributed by atoms with van der Waals surface area (Å²) in [4.78, 5) is 0. The Morgan fingerprint density at radius 3 is 2.90 bits per heavy atom. The van der Waals surface area contributed by atoms with E-state index in [2.05, 4.69) is 19.1 Å². The Kier molecular flexibility index (Phi) is 6.30. The molecule has 0 aromatic rings. The van der Waals surface area contributed by atoms with Crippen LogP contribution in [0.4, 0.5) is 0 Å². The van der Waals surface area contributed by atoms with E-state index in [0.717, 1.165) is 6.42 Å². The molecule has 0 atom stereocenters. The van der Waals surface area contributed by atoms with Crippen molar-refractivity contribution >= 4 is 0 Å². The number of unbranched alkanes of at least 4 members (excludes halogenated alkanes) is 1. The minimum absolute atomic E-state index is 0. The molecule has 10 heavy (non-hydrogen) atoms. The van der Waals surface area contributed by atoms with Crippen molar-refractivity contribution in [1.29, 1.82) is 0 Å². The third kappa shape index (κ3) is 3.50. The SMILES string of the molecule is CCCCC1=[C-]C=CC1.[Hf]. The summed E-state index contributed by atoms with van der Waals surface area (Å²) in [5, 5.41) is 0. The summed E-state index contributed by atoms with van der Waals surface area (Å²) in [5.74, 6) is 0. The smallest absolute Gasteiger partial charge is 0 e. The third-order valence-corrected chi connectivity index (χ3v) is 1.60. The quantitative estimate of drug-likeness (QED) is 0.555. The van der Waals surface area contributed by atoms with E-state index in [9.17, 15) is 0 Å². The van der Waals surface area contributed by atoms with Crippen molar-refractivity contribution in [2.45, 2.75) is 32.6 Å². The van der Waals surface area contributed by atoms with E-state index in [4.69, 9.17) is 0 Å². The van der Waals surface area contributed by atoms with Crippen molar-refractivity contribution < 1.29 is 25.8 Å². The zero-order valence-corrected chi connectivity index (χ0v) is 10.1. The van der Waals surface area contributed by atoms with Crippen LogP contribution in [0.2, 0.25) is 0 Å². The van der Waals surface area contributed by atoms with Crippen LogP contribution in [0, 0.1) is 6.08 Å². The van der Waals surface area contributed by atoms with Gasteiger partial charge >= 0.3 is 0 Å². The second-order valence-electron chi connectivity index (χ2n) is 2.46. The van der Waals surface area contributed by atoms with Gasteiger partial charge < -0.3 is 0 Å². The molecule has 1 aliphatic rings. The summed E-state index contributed by atoms with van der Waals surface area (Å²) in [6.45, 7) is 2.23. The fourth-order valence-electron chi connectivity index (χ4n) is 1.00. The molecule has 1 aliphatic carbocycles. The largest absolute Gasteiger partial charge is 0.253 e. The minimum Gasteiger partial charge on any atom is -0.253 e. The zero-order chi connectivity index (χ0) is 6.53. The molecule has 0 radical (unpaired) electrons. The van der Waals surface area contributed by atoms with Gasteiger partial charge in [0, 0.05) is 25.8 Å². The van der Waals surface area contributed by atoms with E-state index < -0.39 is 0 Å². The summed E-state index contributed by atoms with van der Waals surface area (Å²) < 4.78 is 0. The van der Waals surface area contributed by atoms with Crippen molar-refractivity contribution in [3.05, 3.63) is 23.8 Å². The average molecular weight is 300 g/mol. The van der Waals surface area contributed by atoms with Gasteiger partial charge in [0.2, 0.25) is 0 Å². The first-order valence-electron chi connectivity index (χ1n) is 3.69.